The van der Waals surface area contributed by atoms with Gasteiger partial charge in [-0.2, -0.15) is 0 Å². The number of aromatic nitrogens is 1. The fourth-order valence-electron chi connectivity index (χ4n) is 3.80. The lowest BCUT2D eigenvalue weighted by Gasteiger charge is -2.29. The Morgan fingerprint density at radius 1 is 1.10 bits per heavy atom. The van der Waals surface area contributed by atoms with Crippen molar-refractivity contribution >= 4 is 34.3 Å². The number of Topliss-reactive ketones (excluding diaryl/α,β-unsaturated/α-hetero) is 2. The summed E-state index contributed by atoms with van der Waals surface area (Å²) in [5, 5.41) is 0. The number of carbonyl (C=O) groups excluding carboxylic acids is 3. The number of oxazole rings is 1. The Morgan fingerprint density at radius 2 is 1.84 bits per heavy atom. The normalized spacial score (nSPS) is 14.3. The van der Waals surface area contributed by atoms with Crippen LogP contribution in [0.5, 0.6) is 5.75 Å². The summed E-state index contributed by atoms with van der Waals surface area (Å²) in [7, 11) is 0. The zero-order valence-electron chi connectivity index (χ0n) is 17.5. The van der Waals surface area contributed by atoms with Crippen LogP contribution in [-0.2, 0) is 4.79 Å². The topological polar surface area (TPSA) is 98.8 Å². The number of amides is 1. The summed E-state index contributed by atoms with van der Waals surface area (Å²) in [5.41, 5.74) is 2.00. The lowest BCUT2D eigenvalue weighted by Crippen LogP contribution is -2.39. The minimum absolute atomic E-state index is 0.0324. The molecule has 0 saturated heterocycles. The average Bonchev–Trinajstić information content (AvgIpc) is 3.09. The van der Waals surface area contributed by atoms with Crippen LogP contribution in [-0.4, -0.2) is 35.2 Å². The molecule has 0 N–H and O–H groups in total. The molecule has 1 aromatic heterocycles. The van der Waals surface area contributed by atoms with Crippen molar-refractivity contribution in [3.63, 3.8) is 0 Å². The van der Waals surface area contributed by atoms with Gasteiger partial charge in [0, 0.05) is 17.7 Å². The van der Waals surface area contributed by atoms with Gasteiger partial charge in [0.15, 0.2) is 23.8 Å². The number of ketones is 2. The molecular formula is C23H22N2O6. The molecule has 2 aromatic carbocycles. The zero-order valence-corrected chi connectivity index (χ0v) is 17.5. The standard InChI is InChI=1S/C23H22N2O6/c1-4-9-24-18-10-16(6-8-19(18)30-12-21(24)27)22(28)13(2)25-17-7-5-15(14(3)26)11-20(17)31-23(25)29/h5-8,10-11,13H,4,9,12H2,1-3H3. The van der Waals surface area contributed by atoms with E-state index in [0.717, 1.165) is 6.42 Å². The Bertz CT molecular complexity index is 1270. The quantitative estimate of drug-likeness (QED) is 0.565. The SMILES string of the molecule is CCCN1C(=O)COc2ccc(C(=O)C(C)n3c(=O)oc4cc(C(C)=O)ccc43)cc21. The second kappa shape index (κ2) is 7.86. The number of hydrogen-bond donors (Lipinski definition) is 0. The van der Waals surface area contributed by atoms with Crippen LogP contribution in [0.2, 0.25) is 0 Å². The Balaban J connectivity index is 1.72. The minimum atomic E-state index is -0.852. The average molecular weight is 422 g/mol. The Hall–Kier alpha value is -3.68. The molecule has 0 saturated carbocycles. The second-order valence-corrected chi connectivity index (χ2v) is 7.53. The molecule has 0 spiro atoms. The molecule has 8 heteroatoms. The Labute approximate surface area is 178 Å². The fourth-order valence-corrected chi connectivity index (χ4v) is 3.80. The van der Waals surface area contributed by atoms with E-state index in [4.69, 9.17) is 9.15 Å². The van der Waals surface area contributed by atoms with Crippen molar-refractivity contribution < 1.29 is 23.5 Å². The van der Waals surface area contributed by atoms with E-state index in [1.165, 1.54) is 17.6 Å². The van der Waals surface area contributed by atoms with E-state index < -0.39 is 11.8 Å². The van der Waals surface area contributed by atoms with E-state index in [-0.39, 0.29) is 29.7 Å². The van der Waals surface area contributed by atoms with Gasteiger partial charge in [-0.05, 0) is 56.7 Å². The molecule has 0 radical (unpaired) electrons. The molecule has 0 aliphatic carbocycles. The third kappa shape index (κ3) is 3.54. The summed E-state index contributed by atoms with van der Waals surface area (Å²) in [5.74, 6) is -0.757. The molecule has 1 unspecified atom stereocenters. The van der Waals surface area contributed by atoms with E-state index in [0.29, 0.717) is 34.6 Å². The van der Waals surface area contributed by atoms with Crippen LogP contribution in [0.15, 0.2) is 45.6 Å². The molecule has 8 nitrogen and oxygen atoms in total. The molecule has 3 aromatic rings. The molecule has 1 amide bonds. The van der Waals surface area contributed by atoms with Gasteiger partial charge in [-0.1, -0.05) is 6.92 Å². The van der Waals surface area contributed by atoms with E-state index in [2.05, 4.69) is 0 Å². The largest absolute Gasteiger partial charge is 0.482 e. The van der Waals surface area contributed by atoms with Crippen molar-refractivity contribution in [1.29, 1.82) is 0 Å². The summed E-state index contributed by atoms with van der Waals surface area (Å²) in [6, 6.07) is 8.76. The van der Waals surface area contributed by atoms with Crippen molar-refractivity contribution in [3.05, 3.63) is 58.1 Å². The molecule has 1 atom stereocenters. The molecule has 31 heavy (non-hydrogen) atoms. The van der Waals surface area contributed by atoms with Gasteiger partial charge >= 0.3 is 5.76 Å². The molecule has 1 aliphatic heterocycles. The molecule has 1 aliphatic rings. The zero-order chi connectivity index (χ0) is 22.3. The highest BCUT2D eigenvalue weighted by molar-refractivity contribution is 6.03. The Morgan fingerprint density at radius 3 is 2.55 bits per heavy atom. The maximum atomic E-state index is 13.2. The van der Waals surface area contributed by atoms with Crippen LogP contribution < -0.4 is 15.4 Å². The molecular weight excluding hydrogens is 400 g/mol. The van der Waals surface area contributed by atoms with Crippen LogP contribution in [0.1, 0.15) is 53.9 Å². The van der Waals surface area contributed by atoms with Crippen molar-refractivity contribution in [2.75, 3.05) is 18.1 Å². The first-order valence-corrected chi connectivity index (χ1v) is 10.1. The van der Waals surface area contributed by atoms with Crippen molar-refractivity contribution in [3.8, 4) is 5.75 Å². The van der Waals surface area contributed by atoms with Gasteiger partial charge in [-0.3, -0.25) is 19.0 Å². The van der Waals surface area contributed by atoms with Crippen LogP contribution >= 0.6 is 0 Å². The highest BCUT2D eigenvalue weighted by Gasteiger charge is 2.28. The summed E-state index contributed by atoms with van der Waals surface area (Å²) < 4.78 is 12.0. The summed E-state index contributed by atoms with van der Waals surface area (Å²) in [4.78, 5) is 51.2. The first-order valence-electron chi connectivity index (χ1n) is 10.1. The van der Waals surface area contributed by atoms with E-state index in [1.54, 1.807) is 42.2 Å². The van der Waals surface area contributed by atoms with Crippen LogP contribution in [0.3, 0.4) is 0 Å². The highest BCUT2D eigenvalue weighted by atomic mass is 16.5. The third-order valence-electron chi connectivity index (χ3n) is 5.42. The van der Waals surface area contributed by atoms with Gasteiger partial charge in [0.2, 0.25) is 0 Å². The van der Waals surface area contributed by atoms with Crippen molar-refractivity contribution in [2.45, 2.75) is 33.2 Å². The summed E-state index contributed by atoms with van der Waals surface area (Å²) in [6.07, 6.45) is 0.762. The first-order chi connectivity index (χ1) is 14.8. The predicted molar refractivity (Wildman–Crippen MR) is 114 cm³/mol. The van der Waals surface area contributed by atoms with Crippen LogP contribution in [0, 0.1) is 0 Å². The molecule has 4 rings (SSSR count). The van der Waals surface area contributed by atoms with Gasteiger partial charge in [-0.15, -0.1) is 0 Å². The fraction of sp³-hybridized carbons (Fsp3) is 0.304. The van der Waals surface area contributed by atoms with Crippen LogP contribution in [0.25, 0.3) is 11.1 Å². The molecule has 0 bridgehead atoms. The monoisotopic (exact) mass is 422 g/mol. The summed E-state index contributed by atoms with van der Waals surface area (Å²) >= 11 is 0. The number of hydrogen-bond acceptors (Lipinski definition) is 6. The predicted octanol–water partition coefficient (Wildman–Crippen LogP) is 3.38. The lowest BCUT2D eigenvalue weighted by molar-refractivity contribution is -0.121. The van der Waals surface area contributed by atoms with Gasteiger partial charge in [0.25, 0.3) is 5.91 Å². The van der Waals surface area contributed by atoms with Crippen LogP contribution in [0.4, 0.5) is 5.69 Å². The van der Waals surface area contributed by atoms with E-state index >= 15 is 0 Å². The third-order valence-corrected chi connectivity index (χ3v) is 5.42. The number of nitrogens with zero attached hydrogens (tertiary/aromatic N) is 2. The lowest BCUT2D eigenvalue weighted by atomic mass is 10.0. The first kappa shape index (κ1) is 20.6. The number of anilines is 1. The molecule has 160 valence electrons. The number of benzene rings is 2. The smallest absolute Gasteiger partial charge is 0.420 e. The second-order valence-electron chi connectivity index (χ2n) is 7.53. The van der Waals surface area contributed by atoms with Gasteiger partial charge in [0.1, 0.15) is 11.8 Å². The minimum Gasteiger partial charge on any atom is -0.482 e. The van der Waals surface area contributed by atoms with Crippen molar-refractivity contribution in [1.82, 2.24) is 4.57 Å². The maximum absolute atomic E-state index is 13.2. The number of ether oxygens (including phenoxy) is 1. The van der Waals surface area contributed by atoms with Gasteiger partial charge < -0.3 is 14.1 Å². The number of carbonyl (C=O) groups is 3. The van der Waals surface area contributed by atoms with Gasteiger partial charge in [0.05, 0.1) is 11.2 Å². The highest BCUT2D eigenvalue weighted by Crippen LogP contribution is 2.34. The van der Waals surface area contributed by atoms with Gasteiger partial charge in [-0.25, -0.2) is 4.79 Å². The number of fused-ring (bicyclic) bond motifs is 2. The van der Waals surface area contributed by atoms with Crippen molar-refractivity contribution in [2.24, 2.45) is 0 Å². The molecule has 0 fully saturated rings. The molecule has 2 heterocycles. The van der Waals surface area contributed by atoms with E-state index in [1.807, 2.05) is 6.92 Å². The maximum Gasteiger partial charge on any atom is 0.420 e. The summed E-state index contributed by atoms with van der Waals surface area (Å²) in [6.45, 7) is 5.49. The number of rotatable bonds is 6. The Kier molecular flexibility index (Phi) is 5.22. The van der Waals surface area contributed by atoms with E-state index in [9.17, 15) is 19.2 Å².